The van der Waals surface area contributed by atoms with Crippen molar-refractivity contribution in [1.29, 1.82) is 0 Å². The lowest BCUT2D eigenvalue weighted by molar-refractivity contribution is -0.122. The van der Waals surface area contributed by atoms with Crippen LogP contribution in [0.2, 0.25) is 0 Å². The molecule has 0 fully saturated rings. The number of aliphatic hydroxyl groups is 1. The standard InChI is InChI=1S/C15H19NO3/c1-10-5-7-11(8-6-10)16-14(19)12(17)9-13(18)15(2,3)4/h5-9,17H,1-4H3,(H,16,19)/b12-9-. The second kappa shape index (κ2) is 5.69. The second-order valence-corrected chi connectivity index (χ2v) is 5.46. The Morgan fingerprint density at radius 3 is 2.16 bits per heavy atom. The van der Waals surface area contributed by atoms with Gasteiger partial charge in [0.25, 0.3) is 5.91 Å². The highest BCUT2D eigenvalue weighted by atomic mass is 16.3. The van der Waals surface area contributed by atoms with Gasteiger partial charge < -0.3 is 10.4 Å². The van der Waals surface area contributed by atoms with Crippen LogP contribution in [-0.2, 0) is 9.59 Å². The van der Waals surface area contributed by atoms with E-state index < -0.39 is 17.1 Å². The number of rotatable bonds is 3. The van der Waals surface area contributed by atoms with Crippen LogP contribution in [0.1, 0.15) is 26.3 Å². The molecule has 0 aliphatic heterocycles. The van der Waals surface area contributed by atoms with E-state index in [2.05, 4.69) is 5.32 Å². The fraction of sp³-hybridized carbons (Fsp3) is 0.333. The van der Waals surface area contributed by atoms with Crippen molar-refractivity contribution in [2.45, 2.75) is 27.7 Å². The molecule has 1 amide bonds. The molecule has 0 aliphatic carbocycles. The largest absolute Gasteiger partial charge is 0.503 e. The molecular weight excluding hydrogens is 242 g/mol. The average molecular weight is 261 g/mol. The maximum atomic E-state index is 11.7. The van der Waals surface area contributed by atoms with Gasteiger partial charge in [0.2, 0.25) is 0 Å². The minimum absolute atomic E-state index is 0.302. The molecule has 0 aromatic heterocycles. The van der Waals surface area contributed by atoms with Crippen LogP contribution in [0.5, 0.6) is 0 Å². The molecule has 1 rings (SSSR count). The van der Waals surface area contributed by atoms with Gasteiger partial charge in [-0.3, -0.25) is 9.59 Å². The van der Waals surface area contributed by atoms with Crippen molar-refractivity contribution >= 4 is 17.4 Å². The molecule has 0 bridgehead atoms. The smallest absolute Gasteiger partial charge is 0.290 e. The molecule has 0 saturated carbocycles. The molecule has 0 saturated heterocycles. The first-order valence-electron chi connectivity index (χ1n) is 6.03. The number of nitrogens with one attached hydrogen (secondary N) is 1. The van der Waals surface area contributed by atoms with E-state index in [0.29, 0.717) is 5.69 Å². The van der Waals surface area contributed by atoms with E-state index in [1.807, 2.05) is 19.1 Å². The highest BCUT2D eigenvalue weighted by Gasteiger charge is 2.21. The lowest BCUT2D eigenvalue weighted by atomic mass is 9.90. The zero-order valence-electron chi connectivity index (χ0n) is 11.7. The van der Waals surface area contributed by atoms with Crippen molar-refractivity contribution in [2.75, 3.05) is 5.32 Å². The van der Waals surface area contributed by atoms with Gasteiger partial charge in [-0.2, -0.15) is 0 Å². The molecule has 0 unspecified atom stereocenters. The molecule has 0 atom stereocenters. The third kappa shape index (κ3) is 4.58. The number of benzene rings is 1. The summed E-state index contributed by atoms with van der Waals surface area (Å²) in [5, 5.41) is 12.1. The van der Waals surface area contributed by atoms with E-state index >= 15 is 0 Å². The van der Waals surface area contributed by atoms with E-state index in [1.54, 1.807) is 32.9 Å². The summed E-state index contributed by atoms with van der Waals surface area (Å²) >= 11 is 0. The summed E-state index contributed by atoms with van der Waals surface area (Å²) in [4.78, 5) is 23.3. The third-order valence-electron chi connectivity index (χ3n) is 2.55. The summed E-state index contributed by atoms with van der Waals surface area (Å²) < 4.78 is 0. The highest BCUT2D eigenvalue weighted by Crippen LogP contribution is 2.16. The molecule has 2 N–H and O–H groups in total. The molecule has 4 nitrogen and oxygen atoms in total. The van der Waals surface area contributed by atoms with Gasteiger partial charge in [0.15, 0.2) is 11.5 Å². The molecule has 0 aliphatic rings. The van der Waals surface area contributed by atoms with Crippen molar-refractivity contribution in [3.05, 3.63) is 41.7 Å². The molecular formula is C15H19NO3. The van der Waals surface area contributed by atoms with Crippen LogP contribution in [-0.4, -0.2) is 16.8 Å². The first-order valence-corrected chi connectivity index (χ1v) is 6.03. The molecule has 102 valence electrons. The summed E-state index contributed by atoms with van der Waals surface area (Å²) in [5.74, 6) is -1.58. The quantitative estimate of drug-likeness (QED) is 0.649. The van der Waals surface area contributed by atoms with Crippen molar-refractivity contribution in [3.8, 4) is 0 Å². The Morgan fingerprint density at radius 2 is 1.68 bits per heavy atom. The Balaban J connectivity index is 2.75. The number of aliphatic hydroxyl groups excluding tert-OH is 1. The SMILES string of the molecule is Cc1ccc(NC(=O)/C(O)=C/C(=O)C(C)(C)C)cc1. The number of amides is 1. The molecule has 19 heavy (non-hydrogen) atoms. The number of allylic oxidation sites excluding steroid dienone is 1. The van der Waals surface area contributed by atoms with E-state index in [4.69, 9.17) is 0 Å². The summed E-state index contributed by atoms with van der Waals surface area (Å²) in [6, 6.07) is 7.14. The molecule has 1 aromatic carbocycles. The van der Waals surface area contributed by atoms with Gasteiger partial charge in [0, 0.05) is 17.2 Å². The molecule has 0 radical (unpaired) electrons. The Hall–Kier alpha value is -2.10. The average Bonchev–Trinajstić information content (AvgIpc) is 2.30. The van der Waals surface area contributed by atoms with Crippen LogP contribution in [0.25, 0.3) is 0 Å². The lowest BCUT2D eigenvalue weighted by Gasteiger charge is -2.13. The van der Waals surface area contributed by atoms with Gasteiger partial charge in [0.1, 0.15) is 0 Å². The van der Waals surface area contributed by atoms with Crippen LogP contribution < -0.4 is 5.32 Å². The normalized spacial score (nSPS) is 12.1. The van der Waals surface area contributed by atoms with Gasteiger partial charge in [-0.05, 0) is 19.1 Å². The maximum absolute atomic E-state index is 11.7. The van der Waals surface area contributed by atoms with Crippen LogP contribution >= 0.6 is 0 Å². The Bertz CT molecular complexity index is 507. The van der Waals surface area contributed by atoms with Crippen LogP contribution in [0, 0.1) is 12.3 Å². The number of hydrogen-bond donors (Lipinski definition) is 2. The number of aryl methyl sites for hydroxylation is 1. The zero-order chi connectivity index (χ0) is 14.6. The van der Waals surface area contributed by atoms with E-state index in [0.717, 1.165) is 11.6 Å². The predicted octanol–water partition coefficient (Wildman–Crippen LogP) is 2.99. The number of anilines is 1. The maximum Gasteiger partial charge on any atom is 0.290 e. The second-order valence-electron chi connectivity index (χ2n) is 5.46. The topological polar surface area (TPSA) is 66.4 Å². The lowest BCUT2D eigenvalue weighted by Crippen LogP contribution is -2.21. The third-order valence-corrected chi connectivity index (χ3v) is 2.55. The highest BCUT2D eigenvalue weighted by molar-refractivity contribution is 6.07. The van der Waals surface area contributed by atoms with Crippen molar-refractivity contribution in [1.82, 2.24) is 0 Å². The molecule has 0 spiro atoms. The molecule has 0 heterocycles. The Kier molecular flexibility index (Phi) is 4.48. The molecule has 4 heteroatoms. The van der Waals surface area contributed by atoms with Gasteiger partial charge in [-0.25, -0.2) is 0 Å². The fourth-order valence-electron chi connectivity index (χ4n) is 1.24. The first-order chi connectivity index (χ1) is 8.70. The first kappa shape index (κ1) is 15.0. The van der Waals surface area contributed by atoms with Gasteiger partial charge in [-0.15, -0.1) is 0 Å². The summed E-state index contributed by atoms with van der Waals surface area (Å²) in [5.41, 5.74) is 1.01. The van der Waals surface area contributed by atoms with E-state index in [1.165, 1.54) is 0 Å². The van der Waals surface area contributed by atoms with E-state index in [9.17, 15) is 14.7 Å². The Morgan fingerprint density at radius 1 is 1.16 bits per heavy atom. The number of carbonyl (C=O) groups excluding carboxylic acids is 2. The number of hydrogen-bond acceptors (Lipinski definition) is 3. The summed E-state index contributed by atoms with van der Waals surface area (Å²) in [7, 11) is 0. The Labute approximate surface area is 113 Å². The van der Waals surface area contributed by atoms with Crippen molar-refractivity contribution in [3.63, 3.8) is 0 Å². The van der Waals surface area contributed by atoms with Crippen LogP contribution in [0.3, 0.4) is 0 Å². The predicted molar refractivity (Wildman–Crippen MR) is 75.0 cm³/mol. The van der Waals surface area contributed by atoms with Crippen LogP contribution in [0.15, 0.2) is 36.1 Å². The van der Waals surface area contributed by atoms with Gasteiger partial charge >= 0.3 is 0 Å². The molecule has 1 aromatic rings. The van der Waals surface area contributed by atoms with Crippen molar-refractivity contribution in [2.24, 2.45) is 5.41 Å². The fourth-order valence-corrected chi connectivity index (χ4v) is 1.24. The minimum Gasteiger partial charge on any atom is -0.503 e. The zero-order valence-corrected chi connectivity index (χ0v) is 11.7. The monoisotopic (exact) mass is 261 g/mol. The number of carbonyl (C=O) groups is 2. The van der Waals surface area contributed by atoms with Gasteiger partial charge in [-0.1, -0.05) is 38.5 Å². The van der Waals surface area contributed by atoms with Gasteiger partial charge in [0.05, 0.1) is 0 Å². The minimum atomic E-state index is -0.693. The summed E-state index contributed by atoms with van der Waals surface area (Å²) in [6.45, 7) is 7.09. The van der Waals surface area contributed by atoms with E-state index in [-0.39, 0.29) is 5.78 Å². The summed E-state index contributed by atoms with van der Waals surface area (Å²) in [6.07, 6.45) is 0.962. The number of ketones is 1. The van der Waals surface area contributed by atoms with Crippen LogP contribution in [0.4, 0.5) is 5.69 Å². The van der Waals surface area contributed by atoms with Crippen molar-refractivity contribution < 1.29 is 14.7 Å².